The molecule has 3 aliphatic heterocycles. The molecule has 3 aliphatic rings. The molecule has 2 saturated heterocycles. The Morgan fingerprint density at radius 3 is 2.30 bits per heavy atom. The number of carbonyl (C=O) groups excluding carboxylic acids is 3. The Balaban J connectivity index is 0.847. The number of nitrogens with zero attached hydrogens (tertiary/aromatic N) is 7. The van der Waals surface area contributed by atoms with Gasteiger partial charge in [-0.25, -0.2) is 19.6 Å². The maximum atomic E-state index is 13.3. The summed E-state index contributed by atoms with van der Waals surface area (Å²) in [6.07, 6.45) is 9.97. The number of aromatic nitrogens is 4. The number of rotatable bonds is 11. The number of piperidine rings is 2. The Morgan fingerprint density at radius 2 is 1.67 bits per heavy atom. The van der Waals surface area contributed by atoms with Crippen molar-refractivity contribution in [1.82, 2.24) is 30.4 Å². The number of esters is 1. The fourth-order valence-corrected chi connectivity index (χ4v) is 8.56. The number of alkyl carbamates (subject to hydrolysis) is 1. The van der Waals surface area contributed by atoms with Gasteiger partial charge in [0.05, 0.1) is 24.7 Å². The van der Waals surface area contributed by atoms with Crippen molar-refractivity contribution in [3.8, 4) is 0 Å². The summed E-state index contributed by atoms with van der Waals surface area (Å²) in [6, 6.07) is 19.6. The molecule has 5 heterocycles. The van der Waals surface area contributed by atoms with Gasteiger partial charge in [-0.3, -0.25) is 9.69 Å². The minimum Gasteiger partial charge on any atom is -0.461 e. The van der Waals surface area contributed by atoms with Crippen LogP contribution in [0, 0.1) is 0 Å². The molecule has 316 valence electrons. The van der Waals surface area contributed by atoms with Crippen LogP contribution < -0.4 is 20.4 Å². The number of carbonyl (C=O) groups is 3. The number of nitrogens with one attached hydrogen (secondary N) is 2. The summed E-state index contributed by atoms with van der Waals surface area (Å²) in [5.41, 5.74) is 3.75. The second kappa shape index (κ2) is 18.8. The fourth-order valence-electron chi connectivity index (χ4n) is 7.77. The fraction of sp³-hybridized carbons (Fsp3) is 0.444. The Kier molecular flexibility index (Phi) is 13.3. The van der Waals surface area contributed by atoms with Gasteiger partial charge in [0.15, 0.2) is 5.69 Å². The van der Waals surface area contributed by atoms with E-state index in [0.29, 0.717) is 23.9 Å². The van der Waals surface area contributed by atoms with Gasteiger partial charge in [0.25, 0.3) is 5.91 Å². The number of hydrogen-bond acceptors (Lipinski definition) is 13. The molecule has 2 fully saturated rings. The van der Waals surface area contributed by atoms with Gasteiger partial charge < -0.3 is 29.9 Å². The third kappa shape index (κ3) is 11.2. The zero-order valence-electron chi connectivity index (χ0n) is 35.1. The molecule has 7 rings (SSSR count). The molecule has 2 aromatic heterocycles. The number of benzene rings is 2. The van der Waals surface area contributed by atoms with Crippen molar-refractivity contribution in [1.29, 1.82) is 0 Å². The molecule has 0 bridgehead atoms. The summed E-state index contributed by atoms with van der Waals surface area (Å²) in [6.45, 7) is 14.9. The highest BCUT2D eigenvalue weighted by atomic mass is 32.2. The molecule has 2 amide bonds. The second-order valence-electron chi connectivity index (χ2n) is 16.7. The topological polar surface area (TPSA) is 155 Å². The van der Waals surface area contributed by atoms with Gasteiger partial charge >= 0.3 is 12.1 Å². The number of amides is 2. The second-order valence-corrected chi connectivity index (χ2v) is 17.8. The van der Waals surface area contributed by atoms with E-state index in [1.807, 2.05) is 75.4 Å². The highest BCUT2D eigenvalue weighted by Crippen LogP contribution is 2.31. The molecule has 14 nitrogen and oxygen atoms in total. The maximum Gasteiger partial charge on any atom is 0.408 e. The van der Waals surface area contributed by atoms with Crippen LogP contribution in [-0.2, 0) is 9.47 Å². The Bertz CT molecular complexity index is 2140. The van der Waals surface area contributed by atoms with E-state index < -0.39 is 11.6 Å². The molecule has 15 heteroatoms. The predicted molar refractivity (Wildman–Crippen MR) is 234 cm³/mol. The Labute approximate surface area is 356 Å². The minimum absolute atomic E-state index is 0.163. The zero-order valence-corrected chi connectivity index (χ0v) is 36.0. The average molecular weight is 834 g/mol. The van der Waals surface area contributed by atoms with E-state index in [1.54, 1.807) is 25.4 Å². The predicted octanol–water partition coefficient (Wildman–Crippen LogP) is 7.49. The molecule has 60 heavy (non-hydrogen) atoms. The van der Waals surface area contributed by atoms with E-state index in [-0.39, 0.29) is 23.2 Å². The van der Waals surface area contributed by atoms with Crippen LogP contribution in [0.2, 0.25) is 0 Å². The lowest BCUT2D eigenvalue weighted by molar-refractivity contribution is 0.0446. The molecule has 4 aromatic rings. The molecule has 0 unspecified atom stereocenters. The zero-order chi connectivity index (χ0) is 42.3. The van der Waals surface area contributed by atoms with Gasteiger partial charge in [0.2, 0.25) is 0 Å². The van der Waals surface area contributed by atoms with Crippen molar-refractivity contribution in [3.05, 3.63) is 96.1 Å². The van der Waals surface area contributed by atoms with E-state index in [4.69, 9.17) is 14.5 Å². The summed E-state index contributed by atoms with van der Waals surface area (Å²) < 4.78 is 10.5. The normalized spacial score (nSPS) is 17.4. The lowest BCUT2D eigenvalue weighted by atomic mass is 9.90. The van der Waals surface area contributed by atoms with E-state index >= 15 is 0 Å². The summed E-state index contributed by atoms with van der Waals surface area (Å²) in [5.74, 6) is 0.187. The summed E-state index contributed by atoms with van der Waals surface area (Å²) >= 11 is 1.49. The number of hydrogen-bond donors (Lipinski definition) is 2. The molecular weight excluding hydrogens is 779 g/mol. The first-order chi connectivity index (χ1) is 28.8. The first kappa shape index (κ1) is 42.6. The van der Waals surface area contributed by atoms with E-state index in [9.17, 15) is 14.4 Å². The lowest BCUT2D eigenvalue weighted by Crippen LogP contribution is -2.54. The van der Waals surface area contributed by atoms with Crippen LogP contribution >= 0.6 is 11.8 Å². The van der Waals surface area contributed by atoms with Crippen molar-refractivity contribution in [3.63, 3.8) is 0 Å². The Hall–Kier alpha value is -5.54. The third-order valence-corrected chi connectivity index (χ3v) is 12.0. The van der Waals surface area contributed by atoms with Gasteiger partial charge in [0.1, 0.15) is 16.4 Å². The first-order valence-electron chi connectivity index (χ1n) is 20.8. The SMILES string of the molecule is CCOC(=O)c1ccc(C2=CCN(C3CCN(c4ccc(C(=O)Nc5cccc(Sc6cnc(N7CCC(C)(NC(=O)OC(C)(C)C)CC7)cn6)c5)cc4)CC3)CC2)nn1. The lowest BCUT2D eigenvalue weighted by Gasteiger charge is -2.40. The van der Waals surface area contributed by atoms with Crippen LogP contribution in [0.5, 0.6) is 0 Å². The van der Waals surface area contributed by atoms with Crippen molar-refractivity contribution in [2.24, 2.45) is 0 Å². The summed E-state index contributed by atoms with van der Waals surface area (Å²) in [5, 5.41) is 15.2. The number of ether oxygens (including phenoxy) is 2. The third-order valence-electron chi connectivity index (χ3n) is 11.1. The monoisotopic (exact) mass is 833 g/mol. The maximum absolute atomic E-state index is 13.3. The molecular formula is C45H55N9O5S. The average Bonchev–Trinajstić information content (AvgIpc) is 3.24. The quantitative estimate of drug-likeness (QED) is 0.144. The van der Waals surface area contributed by atoms with Gasteiger partial charge in [-0.05, 0) is 127 Å². The van der Waals surface area contributed by atoms with Crippen LogP contribution in [-0.4, -0.2) is 106 Å². The molecule has 2 aromatic carbocycles. The van der Waals surface area contributed by atoms with Crippen molar-refractivity contribution >= 4 is 52.5 Å². The number of anilines is 3. The van der Waals surface area contributed by atoms with Crippen LogP contribution in [0.4, 0.5) is 22.0 Å². The van der Waals surface area contributed by atoms with Gasteiger partial charge in [-0.1, -0.05) is 23.9 Å². The summed E-state index contributed by atoms with van der Waals surface area (Å²) in [4.78, 5) is 55.0. The van der Waals surface area contributed by atoms with Crippen molar-refractivity contribution in [2.45, 2.75) is 93.8 Å². The highest BCUT2D eigenvalue weighted by molar-refractivity contribution is 7.99. The molecule has 0 aliphatic carbocycles. The van der Waals surface area contributed by atoms with Crippen LogP contribution in [0.1, 0.15) is 93.3 Å². The van der Waals surface area contributed by atoms with E-state index in [0.717, 1.165) is 104 Å². The summed E-state index contributed by atoms with van der Waals surface area (Å²) in [7, 11) is 0. The van der Waals surface area contributed by atoms with E-state index in [1.165, 1.54) is 11.8 Å². The minimum atomic E-state index is -0.539. The largest absolute Gasteiger partial charge is 0.461 e. The molecule has 0 radical (unpaired) electrons. The molecule has 0 atom stereocenters. The molecule has 2 N–H and O–H groups in total. The van der Waals surface area contributed by atoms with E-state index in [2.05, 4.69) is 53.5 Å². The van der Waals surface area contributed by atoms with Crippen molar-refractivity contribution < 1.29 is 23.9 Å². The van der Waals surface area contributed by atoms with Gasteiger partial charge in [0, 0.05) is 72.7 Å². The van der Waals surface area contributed by atoms with Crippen molar-refractivity contribution in [2.75, 3.05) is 61.0 Å². The molecule has 0 saturated carbocycles. The van der Waals surface area contributed by atoms with Crippen LogP contribution in [0.3, 0.4) is 0 Å². The standard InChI is InChI=1S/C45H55N9O5S/c1-6-58-42(56)38-15-14-37(50-51-38)31-16-22-52(23-17-31)35-18-24-53(25-19-35)34-12-10-32(11-13-34)41(55)48-33-8-7-9-36(28-33)60-40-30-46-39(29-47-40)54-26-20-45(5,21-27-54)49-43(57)59-44(2,3)4/h7-16,28-30,35H,6,17-27H2,1-5H3,(H,48,55)(H,49,57). The smallest absolute Gasteiger partial charge is 0.408 e. The first-order valence-corrected chi connectivity index (χ1v) is 21.6. The van der Waals surface area contributed by atoms with Crippen LogP contribution in [0.25, 0.3) is 5.57 Å². The van der Waals surface area contributed by atoms with Gasteiger partial charge in [-0.2, -0.15) is 5.10 Å². The molecule has 0 spiro atoms. The van der Waals surface area contributed by atoms with Crippen LogP contribution in [0.15, 0.2) is 89.1 Å². The Morgan fingerprint density at radius 1 is 0.900 bits per heavy atom. The highest BCUT2D eigenvalue weighted by Gasteiger charge is 2.34. The van der Waals surface area contributed by atoms with Gasteiger partial charge in [-0.15, -0.1) is 5.10 Å².